The molecule has 7 heavy (non-hydrogen) atoms. The topological polar surface area (TPSA) is 26.3 Å². The van der Waals surface area contributed by atoms with E-state index in [1.54, 1.807) is 6.92 Å². The Kier molecular flexibility index (Phi) is 9.66. The van der Waals surface area contributed by atoms with Crippen LogP contribution < -0.4 is 29.6 Å². The second-order valence-electron chi connectivity index (χ2n) is 0.925. The van der Waals surface area contributed by atoms with Crippen LogP contribution >= 0.6 is 0 Å². The quantitative estimate of drug-likeness (QED) is 0.281. The van der Waals surface area contributed by atoms with E-state index in [0.29, 0.717) is 6.61 Å². The first-order valence-corrected chi connectivity index (χ1v) is 1.90. The van der Waals surface area contributed by atoms with Crippen LogP contribution in [0.3, 0.4) is 0 Å². The van der Waals surface area contributed by atoms with E-state index in [0.717, 1.165) is 0 Å². The fourth-order valence-electron chi connectivity index (χ4n) is 0.203. The largest absolute Gasteiger partial charge is 1.00 e. The van der Waals surface area contributed by atoms with Crippen molar-refractivity contribution in [2.75, 3.05) is 6.61 Å². The zero-order valence-electron chi connectivity index (χ0n) is 6.02. The van der Waals surface area contributed by atoms with Gasteiger partial charge in [0, 0.05) is 6.92 Å². The molecule has 0 atom stereocenters. The molecule has 3 heteroatoms. The molecular formula is C4H9NaO2. The van der Waals surface area contributed by atoms with Crippen molar-refractivity contribution in [3.63, 3.8) is 0 Å². The monoisotopic (exact) mass is 112 g/mol. The van der Waals surface area contributed by atoms with Gasteiger partial charge in [0.25, 0.3) is 0 Å². The predicted octanol–water partition coefficient (Wildman–Crippen LogP) is -2.31. The first-order valence-electron chi connectivity index (χ1n) is 1.90. The second-order valence-corrected chi connectivity index (χ2v) is 0.925. The molecule has 0 aliphatic carbocycles. The van der Waals surface area contributed by atoms with Gasteiger partial charge in [-0.2, -0.15) is 0 Å². The Morgan fingerprint density at radius 3 is 2.29 bits per heavy atom. The third-order valence-electron chi connectivity index (χ3n) is 0.348. The van der Waals surface area contributed by atoms with Crippen LogP contribution in [-0.4, -0.2) is 12.6 Å². The van der Waals surface area contributed by atoms with Gasteiger partial charge in [-0.25, -0.2) is 0 Å². The maximum Gasteiger partial charge on any atom is 1.00 e. The summed E-state index contributed by atoms with van der Waals surface area (Å²) in [5.41, 5.74) is 0. The van der Waals surface area contributed by atoms with E-state index in [1.807, 2.05) is 0 Å². The van der Waals surface area contributed by atoms with Crippen LogP contribution in [0.4, 0.5) is 0 Å². The molecule has 0 saturated carbocycles. The van der Waals surface area contributed by atoms with Crippen LogP contribution in [0, 0.1) is 0 Å². The molecule has 0 spiro atoms. The Hall–Kier alpha value is 0.470. The Balaban J connectivity index is -0.000000125. The summed E-state index contributed by atoms with van der Waals surface area (Å²) in [6, 6.07) is 0. The molecule has 0 aromatic carbocycles. The Labute approximate surface area is 67.0 Å². The minimum absolute atomic E-state index is 0. The van der Waals surface area contributed by atoms with Gasteiger partial charge >= 0.3 is 35.5 Å². The number of ether oxygens (including phenoxy) is 1. The number of carbonyl (C=O) groups excluding carboxylic acids is 1. The summed E-state index contributed by atoms with van der Waals surface area (Å²) in [7, 11) is 0. The first-order chi connectivity index (χ1) is 2.77. The van der Waals surface area contributed by atoms with Gasteiger partial charge in [0.1, 0.15) is 0 Å². The van der Waals surface area contributed by atoms with Gasteiger partial charge in [-0.05, 0) is 6.92 Å². The Bertz CT molecular complexity index is 58.0. The predicted molar refractivity (Wildman–Crippen MR) is 23.4 cm³/mol. The van der Waals surface area contributed by atoms with Gasteiger partial charge in [-0.3, -0.25) is 4.79 Å². The van der Waals surface area contributed by atoms with E-state index < -0.39 is 0 Å². The van der Waals surface area contributed by atoms with Gasteiger partial charge in [-0.15, -0.1) is 0 Å². The van der Waals surface area contributed by atoms with E-state index in [-0.39, 0.29) is 37.0 Å². The molecule has 0 saturated heterocycles. The third-order valence-corrected chi connectivity index (χ3v) is 0.348. The maximum absolute atomic E-state index is 9.82. The molecule has 0 aromatic heterocycles. The average Bonchev–Trinajstić information content (AvgIpc) is 1.35. The number of hydrogen-bond acceptors (Lipinski definition) is 2. The number of hydrogen-bond donors (Lipinski definition) is 0. The molecule has 0 aromatic rings. The molecule has 0 fully saturated rings. The SMILES string of the molecule is CCOC(C)=O.[H-].[Na+]. The molecule has 0 N–H and O–H groups in total. The van der Waals surface area contributed by atoms with Gasteiger partial charge in [0.15, 0.2) is 0 Å². The van der Waals surface area contributed by atoms with Crippen molar-refractivity contribution in [1.82, 2.24) is 0 Å². The van der Waals surface area contributed by atoms with Gasteiger partial charge in [0.2, 0.25) is 0 Å². The Morgan fingerprint density at radius 2 is 2.29 bits per heavy atom. The smallest absolute Gasteiger partial charge is 1.00 e. The molecule has 0 radical (unpaired) electrons. The molecule has 0 aliphatic heterocycles. The average molecular weight is 112 g/mol. The Morgan fingerprint density at radius 1 is 1.86 bits per heavy atom. The van der Waals surface area contributed by atoms with Crippen LogP contribution in [0.5, 0.6) is 0 Å². The van der Waals surface area contributed by atoms with Gasteiger partial charge in [0.05, 0.1) is 6.61 Å². The zero-order valence-corrected chi connectivity index (χ0v) is 7.02. The summed E-state index contributed by atoms with van der Waals surface area (Å²) in [5, 5.41) is 0. The minimum Gasteiger partial charge on any atom is -1.00 e. The van der Waals surface area contributed by atoms with Crippen molar-refractivity contribution >= 4 is 5.97 Å². The molecule has 0 amide bonds. The summed E-state index contributed by atoms with van der Waals surface area (Å²) in [4.78, 5) is 9.82. The van der Waals surface area contributed by atoms with Crippen molar-refractivity contribution in [2.45, 2.75) is 13.8 Å². The van der Waals surface area contributed by atoms with E-state index in [4.69, 9.17) is 0 Å². The van der Waals surface area contributed by atoms with Crippen molar-refractivity contribution in [2.24, 2.45) is 0 Å². The van der Waals surface area contributed by atoms with Crippen molar-refractivity contribution in [3.05, 3.63) is 0 Å². The van der Waals surface area contributed by atoms with Crippen LogP contribution in [0.1, 0.15) is 15.3 Å². The standard InChI is InChI=1S/C4H8O2.Na.H/c1-3-6-4(2)5;;/h3H2,1-2H3;;/q;+1;-1. The first kappa shape index (κ1) is 10.5. The molecule has 0 aliphatic rings. The van der Waals surface area contributed by atoms with Crippen LogP contribution in [0.15, 0.2) is 0 Å². The summed E-state index contributed by atoms with van der Waals surface area (Å²) < 4.78 is 4.40. The number of carbonyl (C=O) groups is 1. The number of rotatable bonds is 1. The fraction of sp³-hybridized carbons (Fsp3) is 0.750. The van der Waals surface area contributed by atoms with Crippen molar-refractivity contribution in [3.8, 4) is 0 Å². The zero-order chi connectivity index (χ0) is 4.99. The number of esters is 1. The van der Waals surface area contributed by atoms with E-state index in [9.17, 15) is 4.79 Å². The molecular weight excluding hydrogens is 103 g/mol. The van der Waals surface area contributed by atoms with Crippen LogP contribution in [-0.2, 0) is 9.53 Å². The maximum atomic E-state index is 9.82. The molecule has 0 unspecified atom stereocenters. The summed E-state index contributed by atoms with van der Waals surface area (Å²) >= 11 is 0. The molecule has 38 valence electrons. The summed E-state index contributed by atoms with van der Waals surface area (Å²) in [5.74, 6) is -0.211. The minimum atomic E-state index is -0.211. The van der Waals surface area contributed by atoms with E-state index >= 15 is 0 Å². The van der Waals surface area contributed by atoms with Crippen molar-refractivity contribution < 1.29 is 40.5 Å². The van der Waals surface area contributed by atoms with E-state index in [2.05, 4.69) is 4.74 Å². The summed E-state index contributed by atoms with van der Waals surface area (Å²) in [6.07, 6.45) is 0. The van der Waals surface area contributed by atoms with Gasteiger partial charge in [-0.1, -0.05) is 0 Å². The fourth-order valence-corrected chi connectivity index (χ4v) is 0.203. The van der Waals surface area contributed by atoms with Gasteiger partial charge < -0.3 is 6.16 Å². The molecule has 2 nitrogen and oxygen atoms in total. The third kappa shape index (κ3) is 10.7. The van der Waals surface area contributed by atoms with E-state index in [1.165, 1.54) is 6.92 Å². The van der Waals surface area contributed by atoms with Crippen LogP contribution in [0.25, 0.3) is 0 Å². The molecule has 0 heterocycles. The van der Waals surface area contributed by atoms with Crippen molar-refractivity contribution in [1.29, 1.82) is 0 Å². The van der Waals surface area contributed by atoms with Crippen LogP contribution in [0.2, 0.25) is 0 Å². The molecule has 0 bridgehead atoms. The second kappa shape index (κ2) is 6.47. The normalized spacial score (nSPS) is 6.57. The molecule has 0 rings (SSSR count). The summed E-state index contributed by atoms with van der Waals surface area (Å²) in [6.45, 7) is 3.65.